The summed E-state index contributed by atoms with van der Waals surface area (Å²) in [6.45, 7) is 7.74. The van der Waals surface area contributed by atoms with Crippen LogP contribution in [0.25, 0.3) is 5.82 Å². The lowest BCUT2D eigenvalue weighted by atomic mass is 9.93. The smallest absolute Gasteiger partial charge is 0.194 e. The molecule has 3 aromatic heterocycles. The molecule has 1 saturated heterocycles. The van der Waals surface area contributed by atoms with Gasteiger partial charge < -0.3 is 14.8 Å². The summed E-state index contributed by atoms with van der Waals surface area (Å²) in [6, 6.07) is 4.42. The third-order valence-electron chi connectivity index (χ3n) is 5.48. The number of imidazole rings is 2. The summed E-state index contributed by atoms with van der Waals surface area (Å²) in [4.78, 5) is 20.2. The molecule has 0 saturated carbocycles. The Bertz CT molecular complexity index is 922. The highest BCUT2D eigenvalue weighted by atomic mass is 127. The minimum atomic E-state index is 0. The summed E-state index contributed by atoms with van der Waals surface area (Å²) < 4.78 is 4.15. The first kappa shape index (κ1) is 22.3. The zero-order valence-corrected chi connectivity index (χ0v) is 19.8. The first-order valence-corrected chi connectivity index (χ1v) is 10.2. The number of piperidine rings is 1. The summed E-state index contributed by atoms with van der Waals surface area (Å²) in [5.41, 5.74) is 1.07. The van der Waals surface area contributed by atoms with Crippen molar-refractivity contribution < 1.29 is 0 Å². The number of nitrogens with zero attached hydrogens (tertiary/aromatic N) is 7. The monoisotopic (exact) mass is 520 g/mol. The van der Waals surface area contributed by atoms with Crippen LogP contribution in [0.1, 0.15) is 31.9 Å². The van der Waals surface area contributed by atoms with E-state index < -0.39 is 0 Å². The first-order valence-electron chi connectivity index (χ1n) is 10.2. The van der Waals surface area contributed by atoms with E-state index in [0.29, 0.717) is 18.5 Å². The molecule has 1 aliphatic heterocycles. The molecule has 1 fully saturated rings. The molecule has 3 aromatic rings. The fourth-order valence-electron chi connectivity index (χ4n) is 3.85. The second-order valence-electron chi connectivity index (χ2n) is 7.42. The van der Waals surface area contributed by atoms with Gasteiger partial charge in [-0.05, 0) is 25.3 Å². The van der Waals surface area contributed by atoms with Crippen LogP contribution in [0.5, 0.6) is 0 Å². The number of guanidine groups is 1. The van der Waals surface area contributed by atoms with Crippen molar-refractivity contribution in [2.45, 2.75) is 32.9 Å². The third-order valence-corrected chi connectivity index (χ3v) is 5.48. The van der Waals surface area contributed by atoms with Gasteiger partial charge in [0, 0.05) is 56.2 Å². The molecule has 0 spiro atoms. The van der Waals surface area contributed by atoms with Crippen molar-refractivity contribution in [3.63, 3.8) is 0 Å². The van der Waals surface area contributed by atoms with E-state index in [1.165, 1.54) is 0 Å². The average molecular weight is 520 g/mol. The molecule has 0 bridgehead atoms. The fourth-order valence-corrected chi connectivity index (χ4v) is 3.85. The molecular weight excluding hydrogens is 491 g/mol. The van der Waals surface area contributed by atoms with Crippen LogP contribution in [0, 0.1) is 5.92 Å². The Morgan fingerprint density at radius 1 is 1.20 bits per heavy atom. The van der Waals surface area contributed by atoms with E-state index in [0.717, 1.165) is 43.4 Å². The highest BCUT2D eigenvalue weighted by Gasteiger charge is 2.28. The Hall–Kier alpha value is -2.43. The Labute approximate surface area is 194 Å². The van der Waals surface area contributed by atoms with E-state index in [1.54, 1.807) is 18.7 Å². The molecule has 160 valence electrons. The van der Waals surface area contributed by atoms with Crippen molar-refractivity contribution in [1.29, 1.82) is 0 Å². The second-order valence-corrected chi connectivity index (χ2v) is 7.42. The Balaban J connectivity index is 0.00000256. The predicted molar refractivity (Wildman–Crippen MR) is 128 cm³/mol. The number of pyridine rings is 1. The molecule has 0 aromatic carbocycles. The standard InChI is InChI=1S/C21H28N8.HI/c1-3-24-21(27-10-6-17(2)19(14-27)28-11-8-22-15-28)26-13-18-5-4-7-25-20(18)29-12-9-23-16-29;/h4-5,7-9,11-12,15-17,19H,3,6,10,13-14H2,1-2H3,(H,24,26);1H. The van der Waals surface area contributed by atoms with E-state index >= 15 is 0 Å². The molecule has 30 heavy (non-hydrogen) atoms. The lowest BCUT2D eigenvalue weighted by Gasteiger charge is -2.39. The number of hydrogen-bond acceptors (Lipinski definition) is 4. The van der Waals surface area contributed by atoms with Gasteiger partial charge in [-0.25, -0.2) is 19.9 Å². The molecule has 1 aliphatic rings. The molecule has 9 heteroatoms. The zero-order valence-electron chi connectivity index (χ0n) is 17.4. The number of halogens is 1. The predicted octanol–water partition coefficient (Wildman–Crippen LogP) is 3.13. The van der Waals surface area contributed by atoms with Gasteiger partial charge in [0.15, 0.2) is 5.96 Å². The van der Waals surface area contributed by atoms with Gasteiger partial charge in [-0.2, -0.15) is 0 Å². The number of aromatic nitrogens is 5. The molecule has 0 radical (unpaired) electrons. The van der Waals surface area contributed by atoms with E-state index in [9.17, 15) is 0 Å². The summed E-state index contributed by atoms with van der Waals surface area (Å²) in [5, 5.41) is 3.47. The van der Waals surface area contributed by atoms with Crippen LogP contribution >= 0.6 is 24.0 Å². The average Bonchev–Trinajstić information content (AvgIpc) is 3.46. The molecule has 4 rings (SSSR count). The first-order chi connectivity index (χ1) is 14.3. The van der Waals surface area contributed by atoms with Crippen LogP contribution < -0.4 is 5.32 Å². The van der Waals surface area contributed by atoms with E-state index in [2.05, 4.69) is 55.8 Å². The maximum Gasteiger partial charge on any atom is 0.194 e. The number of hydrogen-bond donors (Lipinski definition) is 1. The van der Waals surface area contributed by atoms with Crippen LogP contribution in [0.3, 0.4) is 0 Å². The molecular formula is C21H29IN8. The molecule has 8 nitrogen and oxygen atoms in total. The molecule has 0 amide bonds. The van der Waals surface area contributed by atoms with Gasteiger partial charge in [0.05, 0.1) is 18.9 Å². The lowest BCUT2D eigenvalue weighted by molar-refractivity contribution is 0.189. The van der Waals surface area contributed by atoms with Gasteiger partial charge in [-0.1, -0.05) is 13.0 Å². The van der Waals surface area contributed by atoms with Crippen LogP contribution in [-0.2, 0) is 6.54 Å². The maximum atomic E-state index is 4.95. The van der Waals surface area contributed by atoms with Crippen LogP contribution in [0.4, 0.5) is 0 Å². The van der Waals surface area contributed by atoms with Gasteiger partial charge in [0.25, 0.3) is 0 Å². The summed E-state index contributed by atoms with van der Waals surface area (Å²) in [5.74, 6) is 2.42. The zero-order chi connectivity index (χ0) is 20.1. The molecule has 0 aliphatic carbocycles. The second kappa shape index (κ2) is 10.6. The SMILES string of the molecule is CCNC(=NCc1cccnc1-n1ccnc1)N1CCC(C)C(n2ccnc2)C1.I. The van der Waals surface area contributed by atoms with E-state index in [4.69, 9.17) is 4.99 Å². The van der Waals surface area contributed by atoms with Gasteiger partial charge in [-0.3, -0.25) is 4.57 Å². The van der Waals surface area contributed by atoms with Crippen molar-refractivity contribution in [3.05, 3.63) is 61.3 Å². The molecule has 1 N–H and O–H groups in total. The molecule has 4 heterocycles. The normalized spacial score (nSPS) is 19.4. The lowest BCUT2D eigenvalue weighted by Crippen LogP contribution is -2.49. The van der Waals surface area contributed by atoms with Gasteiger partial charge in [-0.15, -0.1) is 24.0 Å². The quantitative estimate of drug-likeness (QED) is 0.318. The number of nitrogens with one attached hydrogen (secondary N) is 1. The van der Waals surface area contributed by atoms with Crippen LogP contribution in [0.15, 0.2) is 60.8 Å². The Kier molecular flexibility index (Phi) is 7.83. The van der Waals surface area contributed by atoms with Crippen LogP contribution in [-0.4, -0.2) is 54.6 Å². The maximum absolute atomic E-state index is 4.95. The van der Waals surface area contributed by atoms with Crippen molar-refractivity contribution in [2.75, 3.05) is 19.6 Å². The van der Waals surface area contributed by atoms with Crippen molar-refractivity contribution >= 4 is 29.9 Å². The minimum absolute atomic E-state index is 0. The Morgan fingerprint density at radius 2 is 2.03 bits per heavy atom. The van der Waals surface area contributed by atoms with Gasteiger partial charge >= 0.3 is 0 Å². The van der Waals surface area contributed by atoms with Gasteiger partial charge in [0.1, 0.15) is 12.1 Å². The fraction of sp³-hybridized carbons (Fsp3) is 0.429. The Morgan fingerprint density at radius 3 is 2.77 bits per heavy atom. The largest absolute Gasteiger partial charge is 0.357 e. The summed E-state index contributed by atoms with van der Waals surface area (Å²) >= 11 is 0. The number of likely N-dealkylation sites (tertiary alicyclic amines) is 1. The number of rotatable bonds is 5. The van der Waals surface area contributed by atoms with Crippen LogP contribution in [0.2, 0.25) is 0 Å². The van der Waals surface area contributed by atoms with Crippen molar-refractivity contribution in [3.8, 4) is 5.82 Å². The molecule has 2 unspecified atom stereocenters. The third kappa shape index (κ3) is 5.00. The van der Waals surface area contributed by atoms with Gasteiger partial charge in [0.2, 0.25) is 0 Å². The highest BCUT2D eigenvalue weighted by Crippen LogP contribution is 2.27. The summed E-state index contributed by atoms with van der Waals surface area (Å²) in [7, 11) is 0. The van der Waals surface area contributed by atoms with Crippen molar-refractivity contribution in [1.82, 2.24) is 34.3 Å². The topological polar surface area (TPSA) is 76.2 Å². The summed E-state index contributed by atoms with van der Waals surface area (Å²) in [6.07, 6.45) is 14.2. The molecule has 2 atom stereocenters. The number of aliphatic imine (C=N–C) groups is 1. The van der Waals surface area contributed by atoms with E-state index in [1.807, 2.05) is 29.4 Å². The minimum Gasteiger partial charge on any atom is -0.357 e. The van der Waals surface area contributed by atoms with E-state index in [-0.39, 0.29) is 24.0 Å². The van der Waals surface area contributed by atoms with Crippen molar-refractivity contribution in [2.24, 2.45) is 10.9 Å². The highest BCUT2D eigenvalue weighted by molar-refractivity contribution is 14.0.